The molecule has 0 saturated carbocycles. The molecule has 0 aliphatic rings. The third-order valence-electron chi connectivity index (χ3n) is 2.77. The van der Waals surface area contributed by atoms with Gasteiger partial charge < -0.3 is 5.32 Å². The van der Waals surface area contributed by atoms with Crippen molar-refractivity contribution in [2.45, 2.75) is 20.4 Å². The average molecular weight is 277 g/mol. The quantitative estimate of drug-likeness (QED) is 0.673. The summed E-state index contributed by atoms with van der Waals surface area (Å²) < 4.78 is 0. The Morgan fingerprint density at radius 2 is 2.26 bits per heavy atom. The van der Waals surface area contributed by atoms with Crippen molar-refractivity contribution in [3.8, 4) is 10.6 Å². The van der Waals surface area contributed by atoms with Gasteiger partial charge in [-0.3, -0.25) is 10.1 Å². The van der Waals surface area contributed by atoms with Gasteiger partial charge in [0.15, 0.2) is 0 Å². The molecule has 0 aliphatic carbocycles. The fourth-order valence-electron chi connectivity index (χ4n) is 1.72. The maximum atomic E-state index is 10.8. The second-order valence-electron chi connectivity index (χ2n) is 4.17. The lowest BCUT2D eigenvalue weighted by molar-refractivity contribution is -0.384. The number of thiazole rings is 1. The van der Waals surface area contributed by atoms with E-state index in [-0.39, 0.29) is 10.6 Å². The van der Waals surface area contributed by atoms with Crippen LogP contribution in [-0.4, -0.2) is 16.5 Å². The number of nitrogens with zero attached hydrogens (tertiary/aromatic N) is 2. The monoisotopic (exact) mass is 277 g/mol. The number of rotatable bonds is 5. The minimum absolute atomic E-state index is 0.101. The summed E-state index contributed by atoms with van der Waals surface area (Å²) >= 11 is 1.56. The van der Waals surface area contributed by atoms with Gasteiger partial charge in [0.1, 0.15) is 5.01 Å². The zero-order valence-corrected chi connectivity index (χ0v) is 11.7. The van der Waals surface area contributed by atoms with Crippen molar-refractivity contribution in [2.75, 3.05) is 6.54 Å². The van der Waals surface area contributed by atoms with Crippen LogP contribution in [0.15, 0.2) is 24.4 Å². The van der Waals surface area contributed by atoms with Crippen molar-refractivity contribution < 1.29 is 4.92 Å². The van der Waals surface area contributed by atoms with E-state index in [4.69, 9.17) is 0 Å². The first-order chi connectivity index (χ1) is 9.11. The van der Waals surface area contributed by atoms with Gasteiger partial charge in [-0.15, -0.1) is 11.3 Å². The van der Waals surface area contributed by atoms with E-state index in [9.17, 15) is 10.1 Å². The Hall–Kier alpha value is -1.79. The van der Waals surface area contributed by atoms with Crippen molar-refractivity contribution in [3.63, 3.8) is 0 Å². The summed E-state index contributed by atoms with van der Waals surface area (Å²) in [4.78, 5) is 15.9. The van der Waals surface area contributed by atoms with Crippen molar-refractivity contribution in [1.29, 1.82) is 0 Å². The van der Waals surface area contributed by atoms with Crippen molar-refractivity contribution in [2.24, 2.45) is 0 Å². The van der Waals surface area contributed by atoms with E-state index in [0.717, 1.165) is 34.1 Å². The highest BCUT2D eigenvalue weighted by atomic mass is 32.1. The van der Waals surface area contributed by atoms with Crippen molar-refractivity contribution in [3.05, 3.63) is 45.0 Å². The smallest absolute Gasteiger partial charge is 0.270 e. The number of nitrogens with one attached hydrogen (secondary N) is 1. The number of benzene rings is 1. The summed E-state index contributed by atoms with van der Waals surface area (Å²) in [7, 11) is 0. The van der Waals surface area contributed by atoms with E-state index in [1.54, 1.807) is 23.5 Å². The second kappa shape index (κ2) is 5.90. The predicted octanol–water partition coefficient (Wildman–Crippen LogP) is 3.14. The Morgan fingerprint density at radius 1 is 1.47 bits per heavy atom. The van der Waals surface area contributed by atoms with Gasteiger partial charge in [0.2, 0.25) is 0 Å². The molecule has 1 N–H and O–H groups in total. The van der Waals surface area contributed by atoms with Gasteiger partial charge >= 0.3 is 0 Å². The van der Waals surface area contributed by atoms with Crippen LogP contribution in [0.1, 0.15) is 17.4 Å². The molecule has 19 heavy (non-hydrogen) atoms. The molecule has 1 aromatic heterocycles. The van der Waals surface area contributed by atoms with Gasteiger partial charge in [-0.05, 0) is 19.0 Å². The first kappa shape index (κ1) is 13.6. The molecule has 1 heterocycles. The summed E-state index contributed by atoms with van der Waals surface area (Å²) in [5.74, 6) is 0. The Morgan fingerprint density at radius 3 is 2.95 bits per heavy atom. The molecule has 0 spiro atoms. The van der Waals surface area contributed by atoms with Crippen LogP contribution in [0.4, 0.5) is 5.69 Å². The van der Waals surface area contributed by atoms with Crippen LogP contribution in [-0.2, 0) is 6.54 Å². The number of non-ortho nitro benzene ring substituents is 1. The molecular weight excluding hydrogens is 262 g/mol. The summed E-state index contributed by atoms with van der Waals surface area (Å²) in [5.41, 5.74) is 1.93. The average Bonchev–Trinajstić information content (AvgIpc) is 2.85. The van der Waals surface area contributed by atoms with Gasteiger partial charge in [-0.2, -0.15) is 0 Å². The maximum Gasteiger partial charge on any atom is 0.270 e. The molecule has 100 valence electrons. The highest BCUT2D eigenvalue weighted by Crippen LogP contribution is 2.30. The molecule has 2 aromatic rings. The third kappa shape index (κ3) is 3.15. The predicted molar refractivity (Wildman–Crippen MR) is 76.3 cm³/mol. The van der Waals surface area contributed by atoms with Gasteiger partial charge in [-0.1, -0.05) is 13.0 Å². The van der Waals surface area contributed by atoms with Gasteiger partial charge in [0.05, 0.1) is 4.92 Å². The fraction of sp³-hybridized carbons (Fsp3) is 0.308. The minimum Gasteiger partial charge on any atom is -0.312 e. The molecule has 0 saturated heterocycles. The van der Waals surface area contributed by atoms with Crippen molar-refractivity contribution in [1.82, 2.24) is 10.3 Å². The lowest BCUT2D eigenvalue weighted by Gasteiger charge is -2.01. The molecule has 0 aliphatic heterocycles. The lowest BCUT2D eigenvalue weighted by Crippen LogP contribution is -2.10. The molecule has 2 rings (SSSR count). The Bertz CT molecular complexity index is 595. The number of aryl methyl sites for hydroxylation is 1. The van der Waals surface area contributed by atoms with E-state index in [2.05, 4.69) is 10.3 Å². The molecule has 0 bridgehead atoms. The van der Waals surface area contributed by atoms with E-state index >= 15 is 0 Å². The lowest BCUT2D eigenvalue weighted by atomic mass is 10.1. The van der Waals surface area contributed by atoms with Crippen molar-refractivity contribution >= 4 is 17.0 Å². The zero-order valence-electron chi connectivity index (χ0n) is 10.8. The molecule has 5 nitrogen and oxygen atoms in total. The van der Waals surface area contributed by atoms with Crippen LogP contribution in [0.5, 0.6) is 0 Å². The van der Waals surface area contributed by atoms with Gasteiger partial charge in [0, 0.05) is 35.3 Å². The SMILES string of the molecule is CCNCc1cnc(-c2cc([N+](=O)[O-])ccc2C)s1. The van der Waals surface area contributed by atoms with Crippen LogP contribution >= 0.6 is 11.3 Å². The Labute approximate surface area is 115 Å². The molecule has 0 amide bonds. The van der Waals surface area contributed by atoms with Crippen LogP contribution in [0.25, 0.3) is 10.6 Å². The number of hydrogen-bond acceptors (Lipinski definition) is 5. The highest BCUT2D eigenvalue weighted by Gasteiger charge is 2.13. The van der Waals surface area contributed by atoms with E-state index < -0.39 is 0 Å². The van der Waals surface area contributed by atoms with E-state index in [0.29, 0.717) is 0 Å². The third-order valence-corrected chi connectivity index (χ3v) is 3.80. The fourth-order valence-corrected chi connectivity index (χ4v) is 2.68. The summed E-state index contributed by atoms with van der Waals surface area (Å²) in [5, 5.41) is 14.9. The largest absolute Gasteiger partial charge is 0.312 e. The first-order valence-corrected chi connectivity index (χ1v) is 6.84. The van der Waals surface area contributed by atoms with Gasteiger partial charge in [-0.25, -0.2) is 4.98 Å². The van der Waals surface area contributed by atoms with E-state index in [1.165, 1.54) is 6.07 Å². The molecule has 0 atom stereocenters. The molecule has 0 radical (unpaired) electrons. The highest BCUT2D eigenvalue weighted by molar-refractivity contribution is 7.15. The minimum atomic E-state index is -0.379. The van der Waals surface area contributed by atoms with Crippen LogP contribution in [0, 0.1) is 17.0 Å². The molecule has 0 unspecified atom stereocenters. The number of hydrogen-bond donors (Lipinski definition) is 1. The van der Waals surface area contributed by atoms with Crippen LogP contribution in [0.3, 0.4) is 0 Å². The standard InChI is InChI=1S/C13H15N3O2S/c1-3-14-7-11-8-15-13(19-11)12-6-10(16(17)18)5-4-9(12)2/h4-6,8,14H,3,7H2,1-2H3. The summed E-state index contributed by atoms with van der Waals surface area (Å²) in [6.45, 7) is 5.67. The maximum absolute atomic E-state index is 10.8. The summed E-state index contributed by atoms with van der Waals surface area (Å²) in [6.07, 6.45) is 1.82. The topological polar surface area (TPSA) is 68.1 Å². The number of nitro benzene ring substituents is 1. The number of aromatic nitrogens is 1. The number of nitro groups is 1. The van der Waals surface area contributed by atoms with Crippen LogP contribution < -0.4 is 5.32 Å². The molecule has 1 aromatic carbocycles. The summed E-state index contributed by atoms with van der Waals surface area (Å²) in [6, 6.07) is 4.87. The van der Waals surface area contributed by atoms with Crippen LogP contribution in [0.2, 0.25) is 0 Å². The van der Waals surface area contributed by atoms with E-state index in [1.807, 2.05) is 20.0 Å². The van der Waals surface area contributed by atoms with Gasteiger partial charge in [0.25, 0.3) is 5.69 Å². The first-order valence-electron chi connectivity index (χ1n) is 6.02. The normalized spacial score (nSPS) is 10.6. The molecule has 0 fully saturated rings. The Kier molecular flexibility index (Phi) is 4.24. The second-order valence-corrected chi connectivity index (χ2v) is 5.28. The molecular formula is C13H15N3O2S. The molecule has 6 heteroatoms. The Balaban J connectivity index is 2.32. The zero-order chi connectivity index (χ0) is 13.8.